The third kappa shape index (κ3) is 5.51. The molecule has 1 saturated carbocycles. The second kappa shape index (κ2) is 11.1. The molecule has 1 heterocycles. The molecule has 0 radical (unpaired) electrons. The highest BCUT2D eigenvalue weighted by Gasteiger charge is 2.49. The molecule has 0 aliphatic heterocycles. The minimum Gasteiger partial charge on any atom is -0.433 e. The van der Waals surface area contributed by atoms with E-state index in [0.717, 1.165) is 0 Å². The molecule has 1 aliphatic rings. The van der Waals surface area contributed by atoms with Gasteiger partial charge in [-0.05, 0) is 42.7 Å². The van der Waals surface area contributed by atoms with Gasteiger partial charge in [-0.1, -0.05) is 31.2 Å². The van der Waals surface area contributed by atoms with Gasteiger partial charge in [-0.2, -0.15) is 0 Å². The molecule has 0 spiro atoms. The molecule has 3 atom stereocenters. The number of nitrogens with two attached hydrogens (primary N) is 1. The molecule has 2 amide bonds. The van der Waals surface area contributed by atoms with Gasteiger partial charge in [0.1, 0.15) is 0 Å². The number of hydrogen-bond donors (Lipinski definition) is 2. The Hall–Kier alpha value is -3.50. The molecule has 38 heavy (non-hydrogen) atoms. The smallest absolute Gasteiger partial charge is 0.405 e. The first-order chi connectivity index (χ1) is 18.0. The SMILES string of the molecule is C=C1C[C@H](Sc2cc(C(=O)Nc3cc(F)c(F)c(F)c3)ccc2Cl)CC(C)[C@]1(OC(N)=O)c1cccnc1. The highest BCUT2D eigenvalue weighted by molar-refractivity contribution is 8.00. The number of halogens is 4. The van der Waals surface area contributed by atoms with Crippen LogP contribution in [-0.2, 0) is 10.3 Å². The lowest BCUT2D eigenvalue weighted by atomic mass is 9.69. The second-order valence-electron chi connectivity index (χ2n) is 8.94. The number of carbonyl (C=O) groups is 2. The van der Waals surface area contributed by atoms with Crippen LogP contribution in [0.15, 0.2) is 71.9 Å². The zero-order valence-electron chi connectivity index (χ0n) is 20.1. The van der Waals surface area contributed by atoms with Crippen LogP contribution in [0.3, 0.4) is 0 Å². The number of pyridine rings is 1. The predicted octanol–water partition coefficient (Wildman–Crippen LogP) is 6.84. The van der Waals surface area contributed by atoms with Gasteiger partial charge in [-0.3, -0.25) is 9.78 Å². The zero-order chi connectivity index (χ0) is 27.6. The highest BCUT2D eigenvalue weighted by atomic mass is 35.5. The molecule has 1 aromatic heterocycles. The van der Waals surface area contributed by atoms with Crippen LogP contribution in [0.4, 0.5) is 23.7 Å². The Balaban J connectivity index is 1.54. The van der Waals surface area contributed by atoms with E-state index in [0.29, 0.717) is 46.0 Å². The van der Waals surface area contributed by atoms with Gasteiger partial charge in [0, 0.05) is 57.4 Å². The van der Waals surface area contributed by atoms with Crippen LogP contribution < -0.4 is 11.1 Å². The topological polar surface area (TPSA) is 94.3 Å². The largest absolute Gasteiger partial charge is 0.433 e. The van der Waals surface area contributed by atoms with E-state index in [4.69, 9.17) is 22.1 Å². The zero-order valence-corrected chi connectivity index (χ0v) is 21.7. The predicted molar refractivity (Wildman–Crippen MR) is 139 cm³/mol. The Morgan fingerprint density at radius 1 is 1.21 bits per heavy atom. The summed E-state index contributed by atoms with van der Waals surface area (Å²) < 4.78 is 46.0. The third-order valence-electron chi connectivity index (χ3n) is 6.39. The minimum atomic E-state index is -1.62. The van der Waals surface area contributed by atoms with E-state index in [9.17, 15) is 22.8 Å². The maximum Gasteiger partial charge on any atom is 0.405 e. The fraction of sp³-hybridized carbons (Fsp3) is 0.222. The van der Waals surface area contributed by atoms with Gasteiger partial charge in [0.05, 0.1) is 5.02 Å². The summed E-state index contributed by atoms with van der Waals surface area (Å²) in [6, 6.07) is 9.51. The summed E-state index contributed by atoms with van der Waals surface area (Å²) >= 11 is 7.85. The van der Waals surface area contributed by atoms with Crippen LogP contribution in [0.1, 0.15) is 35.7 Å². The number of thioether (sulfide) groups is 1. The Morgan fingerprint density at radius 3 is 2.53 bits per heavy atom. The summed E-state index contributed by atoms with van der Waals surface area (Å²) in [5, 5.41) is 2.73. The molecule has 4 rings (SSSR count). The molecule has 1 aliphatic carbocycles. The fourth-order valence-corrected chi connectivity index (χ4v) is 6.37. The number of benzene rings is 2. The van der Waals surface area contributed by atoms with Crippen LogP contribution in [0, 0.1) is 23.4 Å². The monoisotopic (exact) mass is 561 g/mol. The van der Waals surface area contributed by atoms with Crippen molar-refractivity contribution in [3.8, 4) is 0 Å². The average molecular weight is 562 g/mol. The first kappa shape index (κ1) is 27.5. The molecule has 3 N–H and O–H groups in total. The standard InChI is InChI=1S/C27H23ClF3N3O3S/c1-14-8-19(9-15(2)27(14,37-26(32)36)17-4-3-7-33-13-17)38-23-10-16(5-6-20(23)28)25(35)34-18-11-21(29)24(31)22(30)12-18/h3-7,10-13,15,19H,1,8-9H2,2H3,(H2,32,36)(H,34,35)/t15?,19-,27-/m0/s1. The number of nitrogens with one attached hydrogen (secondary N) is 1. The van der Waals surface area contributed by atoms with E-state index in [1.165, 1.54) is 17.8 Å². The van der Waals surface area contributed by atoms with Crippen molar-refractivity contribution in [1.82, 2.24) is 4.98 Å². The first-order valence-electron chi connectivity index (χ1n) is 11.5. The molecule has 3 aromatic rings. The number of primary amides is 1. The summed E-state index contributed by atoms with van der Waals surface area (Å²) in [6.07, 6.45) is 3.36. The average Bonchev–Trinajstić information content (AvgIpc) is 2.86. The van der Waals surface area contributed by atoms with Crippen molar-refractivity contribution in [3.63, 3.8) is 0 Å². The van der Waals surface area contributed by atoms with Gasteiger partial charge in [0.15, 0.2) is 23.1 Å². The van der Waals surface area contributed by atoms with E-state index in [2.05, 4.69) is 16.9 Å². The second-order valence-corrected chi connectivity index (χ2v) is 10.7. The van der Waals surface area contributed by atoms with Crippen LogP contribution in [0.2, 0.25) is 5.02 Å². The van der Waals surface area contributed by atoms with Gasteiger partial charge < -0.3 is 15.8 Å². The van der Waals surface area contributed by atoms with Crippen molar-refractivity contribution in [1.29, 1.82) is 0 Å². The lowest BCUT2D eigenvalue weighted by Crippen LogP contribution is -2.46. The normalized spacial score (nSPS) is 21.1. The summed E-state index contributed by atoms with van der Waals surface area (Å²) in [6.45, 7) is 6.15. The summed E-state index contributed by atoms with van der Waals surface area (Å²) in [4.78, 5) is 29.4. The number of rotatable bonds is 6. The Labute approximate surface area is 226 Å². The van der Waals surface area contributed by atoms with Crippen LogP contribution >= 0.6 is 23.4 Å². The quantitative estimate of drug-likeness (QED) is 0.254. The molecule has 198 valence electrons. The maximum absolute atomic E-state index is 13.5. The van der Waals surface area contributed by atoms with Crippen LogP contribution in [0.25, 0.3) is 0 Å². The number of aromatic nitrogens is 1. The Kier molecular flexibility index (Phi) is 8.03. The molecule has 11 heteroatoms. The van der Waals surface area contributed by atoms with E-state index >= 15 is 0 Å². The van der Waals surface area contributed by atoms with Gasteiger partial charge in [0.25, 0.3) is 5.91 Å². The summed E-state index contributed by atoms with van der Waals surface area (Å²) in [7, 11) is 0. The van der Waals surface area contributed by atoms with Crippen molar-refractivity contribution in [2.45, 2.75) is 35.5 Å². The molecular formula is C27H23ClF3N3O3S. The molecule has 2 aromatic carbocycles. The summed E-state index contributed by atoms with van der Waals surface area (Å²) in [5.74, 6) is -5.32. The van der Waals surface area contributed by atoms with Gasteiger partial charge in [0.2, 0.25) is 0 Å². The van der Waals surface area contributed by atoms with Gasteiger partial charge in [-0.15, -0.1) is 11.8 Å². The Morgan fingerprint density at radius 2 is 1.92 bits per heavy atom. The van der Waals surface area contributed by atoms with E-state index in [-0.39, 0.29) is 22.4 Å². The van der Waals surface area contributed by atoms with Crippen molar-refractivity contribution >= 4 is 41.1 Å². The lowest BCUT2D eigenvalue weighted by molar-refractivity contribution is -0.0146. The number of anilines is 1. The fourth-order valence-electron chi connectivity index (χ4n) is 4.72. The summed E-state index contributed by atoms with van der Waals surface area (Å²) in [5.41, 5.74) is 5.57. The Bertz CT molecular complexity index is 1390. The highest BCUT2D eigenvalue weighted by Crippen LogP contribution is 2.51. The van der Waals surface area contributed by atoms with Gasteiger partial charge >= 0.3 is 6.09 Å². The van der Waals surface area contributed by atoms with Crippen molar-refractivity contribution in [3.05, 3.63) is 101 Å². The van der Waals surface area contributed by atoms with Crippen LogP contribution in [-0.4, -0.2) is 22.2 Å². The third-order valence-corrected chi connectivity index (χ3v) is 8.12. The molecule has 0 bridgehead atoms. The van der Waals surface area contributed by atoms with Gasteiger partial charge in [-0.25, -0.2) is 18.0 Å². The van der Waals surface area contributed by atoms with E-state index in [1.807, 2.05) is 13.0 Å². The lowest BCUT2D eigenvalue weighted by Gasteiger charge is -2.45. The van der Waals surface area contributed by atoms with E-state index in [1.54, 1.807) is 30.6 Å². The van der Waals surface area contributed by atoms with Crippen LogP contribution in [0.5, 0.6) is 0 Å². The number of amides is 2. The van der Waals surface area contributed by atoms with E-state index < -0.39 is 35.1 Å². The number of carbonyl (C=O) groups excluding carboxylic acids is 2. The first-order valence-corrected chi connectivity index (χ1v) is 12.8. The number of hydrogen-bond acceptors (Lipinski definition) is 5. The molecule has 1 unspecified atom stereocenters. The maximum atomic E-state index is 13.5. The molecule has 6 nitrogen and oxygen atoms in total. The number of ether oxygens (including phenoxy) is 1. The van der Waals surface area contributed by atoms with Crippen molar-refractivity contribution in [2.75, 3.05) is 5.32 Å². The molecule has 1 fully saturated rings. The molecule has 0 saturated heterocycles. The minimum absolute atomic E-state index is 0.0325. The number of nitrogens with zero attached hydrogens (tertiary/aromatic N) is 1. The van der Waals surface area contributed by atoms with Crippen molar-refractivity contribution in [2.24, 2.45) is 11.7 Å². The van der Waals surface area contributed by atoms with Crippen molar-refractivity contribution < 1.29 is 27.5 Å². The molecular weight excluding hydrogens is 539 g/mol.